The maximum absolute atomic E-state index is 8.70. The number of imidazole rings is 1. The van der Waals surface area contributed by atoms with Crippen LogP contribution in [-0.2, 0) is 6.42 Å². The molecule has 0 aliphatic carbocycles. The molecule has 0 bridgehead atoms. The third-order valence-electron chi connectivity index (χ3n) is 2.63. The fraction of sp³-hybridized carbons (Fsp3) is 0.167. The number of aromatic nitrogens is 2. The summed E-state index contributed by atoms with van der Waals surface area (Å²) in [4.78, 5) is 7.45. The van der Waals surface area contributed by atoms with Crippen LogP contribution in [-0.4, -0.2) is 16.8 Å². The fourth-order valence-corrected chi connectivity index (χ4v) is 2.18. The Bertz CT molecular complexity index is 645. The highest BCUT2D eigenvalue weighted by Gasteiger charge is 2.16. The zero-order valence-electron chi connectivity index (χ0n) is 9.24. The number of halogens is 1. The van der Waals surface area contributed by atoms with Gasteiger partial charge >= 0.3 is 0 Å². The van der Waals surface area contributed by atoms with E-state index in [-0.39, 0.29) is 13.2 Å². The van der Waals surface area contributed by atoms with E-state index in [1.54, 1.807) is 0 Å². The molecule has 0 spiro atoms. The lowest BCUT2D eigenvalue weighted by Crippen LogP contribution is -1.92. The predicted molar refractivity (Wildman–Crippen MR) is 67.2 cm³/mol. The first kappa shape index (κ1) is 11.1. The topological polar surface area (TPSA) is 70.9 Å². The van der Waals surface area contributed by atoms with E-state index in [0.717, 1.165) is 17.0 Å². The summed E-state index contributed by atoms with van der Waals surface area (Å²) in [5, 5.41) is 8.70. The van der Waals surface area contributed by atoms with Crippen molar-refractivity contribution in [3.8, 4) is 29.0 Å². The van der Waals surface area contributed by atoms with Crippen molar-refractivity contribution in [3.05, 3.63) is 28.5 Å². The first-order chi connectivity index (χ1) is 8.78. The van der Waals surface area contributed by atoms with E-state index in [4.69, 9.17) is 14.7 Å². The van der Waals surface area contributed by atoms with Crippen LogP contribution in [0.2, 0.25) is 0 Å². The number of benzene rings is 1. The lowest BCUT2D eigenvalue weighted by Gasteiger charge is -1.99. The average molecular weight is 306 g/mol. The van der Waals surface area contributed by atoms with Crippen LogP contribution in [0.5, 0.6) is 11.5 Å². The van der Waals surface area contributed by atoms with Crippen LogP contribution in [0.1, 0.15) is 5.69 Å². The van der Waals surface area contributed by atoms with Gasteiger partial charge in [-0.05, 0) is 34.1 Å². The van der Waals surface area contributed by atoms with E-state index in [2.05, 4.69) is 32.0 Å². The number of nitrogens with one attached hydrogen (secondary N) is 1. The van der Waals surface area contributed by atoms with Crippen LogP contribution in [0.4, 0.5) is 0 Å². The van der Waals surface area contributed by atoms with Crippen molar-refractivity contribution in [1.29, 1.82) is 5.26 Å². The van der Waals surface area contributed by atoms with Gasteiger partial charge in [0.1, 0.15) is 10.4 Å². The molecule has 0 fully saturated rings. The van der Waals surface area contributed by atoms with Gasteiger partial charge in [-0.3, -0.25) is 0 Å². The number of ether oxygens (including phenoxy) is 2. The number of hydrogen-bond acceptors (Lipinski definition) is 4. The van der Waals surface area contributed by atoms with Crippen LogP contribution < -0.4 is 9.47 Å². The van der Waals surface area contributed by atoms with E-state index >= 15 is 0 Å². The average Bonchev–Trinajstić information content (AvgIpc) is 2.96. The third-order valence-corrected chi connectivity index (χ3v) is 3.29. The van der Waals surface area contributed by atoms with Gasteiger partial charge in [0.15, 0.2) is 11.5 Å². The molecule has 0 atom stereocenters. The van der Waals surface area contributed by atoms with Crippen molar-refractivity contribution in [2.24, 2.45) is 0 Å². The first-order valence-corrected chi connectivity index (χ1v) is 6.08. The highest BCUT2D eigenvalue weighted by atomic mass is 79.9. The Kier molecular flexibility index (Phi) is 2.68. The summed E-state index contributed by atoms with van der Waals surface area (Å²) in [5.41, 5.74) is 1.66. The fourth-order valence-electron chi connectivity index (χ4n) is 1.76. The molecule has 0 amide bonds. The number of nitriles is 1. The Labute approximate surface area is 111 Å². The van der Waals surface area contributed by atoms with E-state index in [1.165, 1.54) is 0 Å². The molecule has 0 radical (unpaired) electrons. The van der Waals surface area contributed by atoms with E-state index in [9.17, 15) is 0 Å². The van der Waals surface area contributed by atoms with Gasteiger partial charge < -0.3 is 14.5 Å². The molecule has 90 valence electrons. The molecule has 0 saturated heterocycles. The molecule has 1 N–H and O–H groups in total. The molecule has 0 saturated carbocycles. The molecule has 0 unspecified atom stereocenters. The summed E-state index contributed by atoms with van der Waals surface area (Å²) in [5.74, 6) is 2.15. The smallest absolute Gasteiger partial charge is 0.231 e. The number of H-pyrrole nitrogens is 1. The largest absolute Gasteiger partial charge is 0.454 e. The molecular weight excluding hydrogens is 298 g/mol. The minimum atomic E-state index is 0.250. The summed E-state index contributed by atoms with van der Waals surface area (Å²) in [6.07, 6.45) is 0.290. The van der Waals surface area contributed by atoms with Crippen molar-refractivity contribution in [2.45, 2.75) is 6.42 Å². The van der Waals surface area contributed by atoms with Gasteiger partial charge in [0, 0.05) is 5.56 Å². The molecule has 6 heteroatoms. The molecule has 5 nitrogen and oxygen atoms in total. The standard InChI is InChI=1S/C12H8BrN3O2/c13-11-8(3-4-14)15-12(16-11)7-1-2-9-10(5-7)18-6-17-9/h1-2,5H,3,6H2,(H,15,16). The Balaban J connectivity index is 2.00. The van der Waals surface area contributed by atoms with Crippen LogP contribution >= 0.6 is 15.9 Å². The maximum atomic E-state index is 8.70. The van der Waals surface area contributed by atoms with E-state index < -0.39 is 0 Å². The summed E-state index contributed by atoms with van der Waals surface area (Å²) in [6, 6.07) is 7.69. The number of fused-ring (bicyclic) bond motifs is 1. The second-order valence-electron chi connectivity index (χ2n) is 3.76. The monoisotopic (exact) mass is 305 g/mol. The zero-order chi connectivity index (χ0) is 12.5. The summed E-state index contributed by atoms with van der Waals surface area (Å²) >= 11 is 3.33. The van der Waals surface area contributed by atoms with E-state index in [1.807, 2.05) is 18.2 Å². The van der Waals surface area contributed by atoms with Crippen molar-refractivity contribution in [2.75, 3.05) is 6.79 Å². The van der Waals surface area contributed by atoms with Crippen LogP contribution in [0.3, 0.4) is 0 Å². The zero-order valence-corrected chi connectivity index (χ0v) is 10.8. The van der Waals surface area contributed by atoms with Crippen LogP contribution in [0.25, 0.3) is 11.4 Å². The van der Waals surface area contributed by atoms with Crippen molar-refractivity contribution < 1.29 is 9.47 Å². The lowest BCUT2D eigenvalue weighted by molar-refractivity contribution is 0.174. The van der Waals surface area contributed by atoms with Crippen LogP contribution in [0.15, 0.2) is 22.8 Å². The van der Waals surface area contributed by atoms with E-state index in [0.29, 0.717) is 16.2 Å². The molecule has 2 aromatic rings. The Morgan fingerprint density at radius 2 is 2.22 bits per heavy atom. The highest BCUT2D eigenvalue weighted by molar-refractivity contribution is 9.10. The molecule has 1 aliphatic rings. The third kappa shape index (κ3) is 1.83. The van der Waals surface area contributed by atoms with Gasteiger partial charge in [0.2, 0.25) is 6.79 Å². The van der Waals surface area contributed by atoms with Gasteiger partial charge in [-0.1, -0.05) is 0 Å². The second-order valence-corrected chi connectivity index (χ2v) is 4.51. The molecule has 2 heterocycles. The van der Waals surface area contributed by atoms with Gasteiger partial charge in [-0.25, -0.2) is 4.98 Å². The Morgan fingerprint density at radius 3 is 3.06 bits per heavy atom. The van der Waals surface area contributed by atoms with Gasteiger partial charge in [-0.15, -0.1) is 0 Å². The minimum Gasteiger partial charge on any atom is -0.454 e. The van der Waals surface area contributed by atoms with Crippen molar-refractivity contribution in [1.82, 2.24) is 9.97 Å². The summed E-state index contributed by atoms with van der Waals surface area (Å²) < 4.78 is 11.2. The normalized spacial score (nSPS) is 12.4. The lowest BCUT2D eigenvalue weighted by atomic mass is 10.2. The maximum Gasteiger partial charge on any atom is 0.231 e. The summed E-state index contributed by atoms with van der Waals surface area (Å²) in [6.45, 7) is 0.250. The van der Waals surface area contributed by atoms with Gasteiger partial charge in [0.05, 0.1) is 18.2 Å². The number of aromatic amines is 1. The number of nitrogens with zero attached hydrogens (tertiary/aromatic N) is 2. The molecule has 1 aromatic heterocycles. The second kappa shape index (κ2) is 4.35. The number of hydrogen-bond donors (Lipinski definition) is 1. The van der Waals surface area contributed by atoms with Gasteiger partial charge in [0.25, 0.3) is 0 Å². The quantitative estimate of drug-likeness (QED) is 0.926. The first-order valence-electron chi connectivity index (χ1n) is 5.29. The molecule has 1 aromatic carbocycles. The minimum absolute atomic E-state index is 0.250. The molecule has 18 heavy (non-hydrogen) atoms. The number of rotatable bonds is 2. The van der Waals surface area contributed by atoms with Crippen molar-refractivity contribution >= 4 is 15.9 Å². The molecule has 3 rings (SSSR count). The molecule has 1 aliphatic heterocycles. The Morgan fingerprint density at radius 1 is 1.39 bits per heavy atom. The summed E-state index contributed by atoms with van der Waals surface area (Å²) in [7, 11) is 0. The van der Waals surface area contributed by atoms with Crippen molar-refractivity contribution in [3.63, 3.8) is 0 Å². The van der Waals surface area contributed by atoms with Gasteiger partial charge in [-0.2, -0.15) is 5.26 Å². The molecular formula is C12H8BrN3O2. The van der Waals surface area contributed by atoms with Crippen LogP contribution in [0, 0.1) is 11.3 Å². The Hall–Kier alpha value is -2.00. The predicted octanol–water partition coefficient (Wildman–Crippen LogP) is 2.63. The SMILES string of the molecule is N#CCc1[nH]c(-c2ccc3c(c2)OCO3)nc1Br. The highest BCUT2D eigenvalue weighted by Crippen LogP contribution is 2.35.